The largest absolute Gasteiger partial charge is 0.451 e. The van der Waals surface area contributed by atoms with Crippen LogP contribution in [0.2, 0.25) is 0 Å². The average molecular weight is 796 g/mol. The fourth-order valence-corrected chi connectivity index (χ4v) is 11.4. The van der Waals surface area contributed by atoms with Gasteiger partial charge < -0.3 is 29.2 Å². The van der Waals surface area contributed by atoms with Crippen LogP contribution in [0, 0.1) is 17.2 Å². The molecule has 0 saturated carbocycles. The van der Waals surface area contributed by atoms with Gasteiger partial charge in [0.2, 0.25) is 5.91 Å². The predicted molar refractivity (Wildman–Crippen MR) is 212 cm³/mol. The molecule has 2 aromatic rings. The minimum absolute atomic E-state index is 0.0339. The highest BCUT2D eigenvalue weighted by Gasteiger charge is 2.52. The zero-order valence-corrected chi connectivity index (χ0v) is 34.5. The molecule has 6 heterocycles. The summed E-state index contributed by atoms with van der Waals surface area (Å²) in [6.07, 6.45) is 10.2. The molecule has 1 aromatic carbocycles. The van der Waals surface area contributed by atoms with E-state index in [1.165, 1.54) is 24.5 Å². The molecular formula is C40H58FN9O5S. The molecule has 0 aliphatic carbocycles. The molecule has 1 aromatic heterocycles. The Labute approximate surface area is 331 Å². The van der Waals surface area contributed by atoms with Crippen molar-refractivity contribution in [1.82, 2.24) is 38.2 Å². The number of likely N-dealkylation sites (N-methyl/N-ethyl adjacent to an activating group) is 1. The van der Waals surface area contributed by atoms with Gasteiger partial charge in [0, 0.05) is 88.0 Å². The Morgan fingerprint density at radius 2 is 1.75 bits per heavy atom. The number of anilines is 1. The second-order valence-corrected chi connectivity index (χ2v) is 19.2. The van der Waals surface area contributed by atoms with Crippen LogP contribution in [0.4, 0.5) is 10.2 Å². The molecule has 0 N–H and O–H groups in total. The van der Waals surface area contributed by atoms with E-state index in [1.54, 1.807) is 25.8 Å². The van der Waals surface area contributed by atoms with E-state index >= 15 is 0 Å². The fraction of sp³-hybridized carbons (Fsp3) is 0.650. The van der Waals surface area contributed by atoms with Gasteiger partial charge in [0.05, 0.1) is 11.8 Å². The number of hydrogen-bond donors (Lipinski definition) is 0. The monoisotopic (exact) mass is 795 g/mol. The van der Waals surface area contributed by atoms with Gasteiger partial charge >= 0.3 is 0 Å². The van der Waals surface area contributed by atoms with Crippen molar-refractivity contribution >= 4 is 27.8 Å². The molecule has 5 aliphatic rings. The number of likely N-dealkylation sites (tertiary alicyclic amines) is 2. The number of aromatic nitrogens is 2. The van der Waals surface area contributed by atoms with Crippen molar-refractivity contribution in [3.63, 3.8) is 0 Å². The summed E-state index contributed by atoms with van der Waals surface area (Å²) in [5.41, 5.74) is 0.312. The van der Waals surface area contributed by atoms with Crippen LogP contribution in [-0.4, -0.2) is 162 Å². The van der Waals surface area contributed by atoms with Gasteiger partial charge in [-0.25, -0.2) is 14.4 Å². The number of rotatable bonds is 13. The molecule has 1 spiro atoms. The molecule has 5 fully saturated rings. The van der Waals surface area contributed by atoms with E-state index in [0.717, 1.165) is 52.0 Å². The summed E-state index contributed by atoms with van der Waals surface area (Å²) in [7, 11) is 0.317. The molecule has 2 bridgehead atoms. The van der Waals surface area contributed by atoms with Crippen molar-refractivity contribution in [1.29, 1.82) is 0 Å². The number of amides is 2. The SMILES string of the molecule is CC(C)N(C(=O)c1cc(F)ccc1Oc1cncnc1N1CC2(CCN(C[C@H]3CCN(S(=O)(=O)N4C[C@@H]5C[C@H]4CN5C(=O)/C=C/CN(C)C)C3)CC2)C1)C(C)C. The van der Waals surface area contributed by atoms with Gasteiger partial charge in [-0.1, -0.05) is 6.08 Å². The number of benzene rings is 1. The van der Waals surface area contributed by atoms with Crippen LogP contribution >= 0.6 is 0 Å². The summed E-state index contributed by atoms with van der Waals surface area (Å²) in [6.45, 7) is 14.8. The van der Waals surface area contributed by atoms with E-state index < -0.39 is 16.0 Å². The number of piperazine rings is 1. The zero-order valence-electron chi connectivity index (χ0n) is 33.7. The van der Waals surface area contributed by atoms with Crippen molar-refractivity contribution < 1.29 is 27.1 Å². The fourth-order valence-electron chi connectivity index (χ4n) is 9.45. The summed E-state index contributed by atoms with van der Waals surface area (Å²) in [4.78, 5) is 45.4. The number of carbonyl (C=O) groups is 2. The molecule has 5 aliphatic heterocycles. The van der Waals surface area contributed by atoms with E-state index in [-0.39, 0.29) is 58.6 Å². The second kappa shape index (κ2) is 16.3. The van der Waals surface area contributed by atoms with Gasteiger partial charge in [-0.05, 0) is 105 Å². The molecule has 16 heteroatoms. The summed E-state index contributed by atoms with van der Waals surface area (Å²) in [5, 5.41) is 0. The number of piperidine rings is 1. The molecule has 306 valence electrons. The Balaban J connectivity index is 0.897. The Kier molecular flexibility index (Phi) is 11.8. The second-order valence-electron chi connectivity index (χ2n) is 17.3. The number of halogens is 1. The predicted octanol–water partition coefficient (Wildman–Crippen LogP) is 3.54. The first-order chi connectivity index (χ1) is 26.6. The number of carbonyl (C=O) groups excluding carboxylic acids is 2. The van der Waals surface area contributed by atoms with Crippen molar-refractivity contribution in [3.05, 3.63) is 54.3 Å². The van der Waals surface area contributed by atoms with Crippen molar-refractivity contribution in [3.8, 4) is 11.5 Å². The van der Waals surface area contributed by atoms with Crippen LogP contribution < -0.4 is 9.64 Å². The van der Waals surface area contributed by atoms with Gasteiger partial charge in [-0.15, -0.1) is 0 Å². The van der Waals surface area contributed by atoms with E-state index in [4.69, 9.17) is 4.74 Å². The molecule has 3 atom stereocenters. The van der Waals surface area contributed by atoms with Crippen LogP contribution in [-0.2, 0) is 15.0 Å². The lowest BCUT2D eigenvalue weighted by atomic mass is 9.72. The standard InChI is InChI=1S/C40H58FN9O5S/c1-28(2)50(29(3)4)39(52)34-18-31(41)9-10-35(34)55-36-20-42-27-43-38(36)46-25-40(26-46)12-16-45(17-13-40)21-30-11-15-47(22-30)56(53,54)49-24-32-19-33(49)23-48(32)37(51)8-7-14-44(5)6/h7-10,18,20,27-30,32-33H,11-17,19,21-26H2,1-6H3/b8-7+/t30-,32+,33+/m1/s1. The third-order valence-electron chi connectivity index (χ3n) is 12.3. The van der Waals surface area contributed by atoms with Crippen molar-refractivity contribution in [2.45, 2.75) is 77.5 Å². The minimum atomic E-state index is -3.59. The lowest BCUT2D eigenvalue weighted by Crippen LogP contribution is -2.61. The van der Waals surface area contributed by atoms with Gasteiger partial charge in [0.25, 0.3) is 16.1 Å². The van der Waals surface area contributed by atoms with Crippen LogP contribution in [0.3, 0.4) is 0 Å². The van der Waals surface area contributed by atoms with E-state index in [9.17, 15) is 22.4 Å². The molecule has 2 amide bonds. The Hall–Kier alpha value is -3.70. The van der Waals surface area contributed by atoms with E-state index in [0.29, 0.717) is 50.7 Å². The minimum Gasteiger partial charge on any atom is -0.451 e. The Morgan fingerprint density at radius 1 is 1.02 bits per heavy atom. The summed E-state index contributed by atoms with van der Waals surface area (Å²) >= 11 is 0. The Bertz CT molecular complexity index is 1890. The topological polar surface area (TPSA) is 126 Å². The highest BCUT2D eigenvalue weighted by molar-refractivity contribution is 7.86. The first kappa shape index (κ1) is 40.5. The molecular weight excluding hydrogens is 738 g/mol. The lowest BCUT2D eigenvalue weighted by Gasteiger charge is -2.54. The Morgan fingerprint density at radius 3 is 2.41 bits per heavy atom. The van der Waals surface area contributed by atoms with Crippen LogP contribution in [0.5, 0.6) is 11.5 Å². The van der Waals surface area contributed by atoms with Crippen molar-refractivity contribution in [2.24, 2.45) is 11.3 Å². The molecule has 56 heavy (non-hydrogen) atoms. The highest BCUT2D eigenvalue weighted by Crippen LogP contribution is 2.45. The number of hydrogen-bond acceptors (Lipinski definition) is 10. The van der Waals surface area contributed by atoms with Gasteiger partial charge in [-0.2, -0.15) is 17.0 Å². The first-order valence-electron chi connectivity index (χ1n) is 20.1. The molecule has 5 saturated heterocycles. The first-order valence-corrected chi connectivity index (χ1v) is 21.5. The molecule has 0 radical (unpaired) electrons. The quantitative estimate of drug-likeness (QED) is 0.278. The average Bonchev–Trinajstić information content (AvgIpc) is 3.89. The number of fused-ring (bicyclic) bond motifs is 2. The maximum atomic E-state index is 14.4. The van der Waals surface area contributed by atoms with Gasteiger partial charge in [0.1, 0.15) is 17.9 Å². The van der Waals surface area contributed by atoms with E-state index in [2.05, 4.69) is 19.8 Å². The number of nitrogens with zero attached hydrogens (tertiary/aromatic N) is 9. The van der Waals surface area contributed by atoms with Crippen molar-refractivity contribution in [2.75, 3.05) is 84.4 Å². The summed E-state index contributed by atoms with van der Waals surface area (Å²) < 4.78 is 51.7. The third-order valence-corrected chi connectivity index (χ3v) is 14.3. The number of ether oxygens (including phenoxy) is 1. The molecule has 14 nitrogen and oxygen atoms in total. The maximum Gasteiger partial charge on any atom is 0.282 e. The normalized spacial score (nSPS) is 24.4. The lowest BCUT2D eigenvalue weighted by molar-refractivity contribution is -0.127. The van der Waals surface area contributed by atoms with Crippen LogP contribution in [0.25, 0.3) is 0 Å². The van der Waals surface area contributed by atoms with Crippen LogP contribution in [0.15, 0.2) is 42.9 Å². The molecule has 0 unspecified atom stereocenters. The maximum absolute atomic E-state index is 14.4. The smallest absolute Gasteiger partial charge is 0.282 e. The summed E-state index contributed by atoms with van der Waals surface area (Å²) in [6, 6.07) is 3.64. The van der Waals surface area contributed by atoms with E-state index in [1.807, 2.05) is 57.7 Å². The van der Waals surface area contributed by atoms with Crippen LogP contribution in [0.1, 0.15) is 63.7 Å². The zero-order chi connectivity index (χ0) is 39.9. The van der Waals surface area contributed by atoms with Gasteiger partial charge in [-0.3, -0.25) is 9.59 Å². The third kappa shape index (κ3) is 8.31. The molecule has 7 rings (SSSR count). The summed E-state index contributed by atoms with van der Waals surface area (Å²) in [5.74, 6) is 0.771. The van der Waals surface area contributed by atoms with Gasteiger partial charge in [0.15, 0.2) is 11.6 Å². The highest BCUT2D eigenvalue weighted by atomic mass is 32.2.